The van der Waals surface area contributed by atoms with Crippen LogP contribution in [0, 0.1) is 0 Å². The van der Waals surface area contributed by atoms with Crippen LogP contribution in [0.15, 0.2) is 59.7 Å². The minimum Gasteiger partial charge on any atom is -0.494 e. The Morgan fingerprint density at radius 1 is 0.791 bits per heavy atom. The summed E-state index contributed by atoms with van der Waals surface area (Å²) in [4.78, 5) is 37.5. The van der Waals surface area contributed by atoms with Gasteiger partial charge in [0.15, 0.2) is 23.0 Å². The Balaban J connectivity index is 1.54. The van der Waals surface area contributed by atoms with Gasteiger partial charge in [-0.25, -0.2) is 10.2 Å². The van der Waals surface area contributed by atoms with Gasteiger partial charge in [-0.15, -0.1) is 0 Å². The molecule has 0 saturated carbocycles. The lowest BCUT2D eigenvalue weighted by molar-refractivity contribution is -0.120. The molecule has 0 bridgehead atoms. The number of unbranched alkanes of at least 4 members (excludes halogenated alkanes) is 1. The Bertz CT molecular complexity index is 1410. The second-order valence-corrected chi connectivity index (χ2v) is 8.92. The lowest BCUT2D eigenvalue weighted by Gasteiger charge is -2.14. The number of benzene rings is 3. The Kier molecular flexibility index (Phi) is 12.2. The van der Waals surface area contributed by atoms with Crippen molar-refractivity contribution in [3.63, 3.8) is 0 Å². The molecule has 12 heteroatoms. The summed E-state index contributed by atoms with van der Waals surface area (Å²) in [5.74, 6) is 0.501. The summed E-state index contributed by atoms with van der Waals surface area (Å²) < 4.78 is 32.2. The number of methoxy groups -OCH3 is 4. The molecule has 0 spiro atoms. The summed E-state index contributed by atoms with van der Waals surface area (Å²) in [5, 5.41) is 6.42. The Labute approximate surface area is 249 Å². The number of carbonyl (C=O) groups is 3. The van der Waals surface area contributed by atoms with Crippen LogP contribution in [0.3, 0.4) is 0 Å². The minimum absolute atomic E-state index is 0.214. The minimum atomic E-state index is -0.559. The summed E-state index contributed by atoms with van der Waals surface area (Å²) in [7, 11) is 5.76. The first-order chi connectivity index (χ1) is 20.8. The predicted molar refractivity (Wildman–Crippen MR) is 159 cm³/mol. The molecule has 0 fully saturated rings. The Morgan fingerprint density at radius 2 is 1.47 bits per heavy atom. The molecule has 12 nitrogen and oxygen atoms in total. The smallest absolute Gasteiger partial charge is 0.343 e. The van der Waals surface area contributed by atoms with E-state index in [1.54, 1.807) is 42.5 Å². The van der Waals surface area contributed by atoms with E-state index >= 15 is 0 Å². The van der Waals surface area contributed by atoms with Crippen LogP contribution in [0.5, 0.6) is 34.5 Å². The predicted octanol–water partition coefficient (Wildman–Crippen LogP) is 4.00. The number of esters is 1. The molecule has 0 heterocycles. The van der Waals surface area contributed by atoms with Crippen LogP contribution in [-0.2, 0) is 4.79 Å². The fourth-order valence-corrected chi connectivity index (χ4v) is 3.72. The lowest BCUT2D eigenvalue weighted by atomic mass is 10.1. The van der Waals surface area contributed by atoms with Crippen molar-refractivity contribution in [2.24, 2.45) is 5.10 Å². The second kappa shape index (κ2) is 16.2. The highest BCUT2D eigenvalue weighted by atomic mass is 16.6. The van der Waals surface area contributed by atoms with Crippen molar-refractivity contribution in [3.05, 3.63) is 71.3 Å². The molecule has 2 amide bonds. The third-order valence-electron chi connectivity index (χ3n) is 5.99. The third-order valence-corrected chi connectivity index (χ3v) is 5.99. The van der Waals surface area contributed by atoms with Crippen LogP contribution in [-0.4, -0.2) is 65.6 Å². The lowest BCUT2D eigenvalue weighted by Crippen LogP contribution is -2.34. The number of nitrogens with zero attached hydrogens (tertiary/aromatic N) is 1. The number of ether oxygens (including phenoxy) is 6. The number of hydrogen-bond acceptors (Lipinski definition) is 10. The molecule has 0 aliphatic heterocycles. The van der Waals surface area contributed by atoms with E-state index in [4.69, 9.17) is 28.4 Å². The van der Waals surface area contributed by atoms with E-state index < -0.39 is 17.8 Å². The molecule has 0 atom stereocenters. The summed E-state index contributed by atoms with van der Waals surface area (Å²) in [6, 6.07) is 14.4. The van der Waals surface area contributed by atoms with Crippen LogP contribution in [0.4, 0.5) is 0 Å². The third kappa shape index (κ3) is 9.12. The fraction of sp³-hybridized carbons (Fsp3) is 0.290. The van der Waals surface area contributed by atoms with Crippen molar-refractivity contribution in [1.29, 1.82) is 0 Å². The van der Waals surface area contributed by atoms with Crippen LogP contribution < -0.4 is 39.2 Å². The van der Waals surface area contributed by atoms with E-state index in [1.807, 2.05) is 0 Å². The molecule has 43 heavy (non-hydrogen) atoms. The van der Waals surface area contributed by atoms with E-state index in [0.717, 1.165) is 12.8 Å². The van der Waals surface area contributed by atoms with Crippen molar-refractivity contribution < 1.29 is 42.8 Å². The number of nitrogens with one attached hydrogen (secondary N) is 2. The van der Waals surface area contributed by atoms with Gasteiger partial charge < -0.3 is 33.7 Å². The van der Waals surface area contributed by atoms with Crippen molar-refractivity contribution in [2.75, 3.05) is 41.6 Å². The first kappa shape index (κ1) is 32.3. The molecule has 3 aromatic rings. The van der Waals surface area contributed by atoms with Crippen LogP contribution in [0.2, 0.25) is 0 Å². The van der Waals surface area contributed by atoms with Gasteiger partial charge in [-0.1, -0.05) is 13.3 Å². The topological polar surface area (TPSA) is 143 Å². The molecular weight excluding hydrogens is 558 g/mol. The van der Waals surface area contributed by atoms with Gasteiger partial charge in [0.1, 0.15) is 5.75 Å². The number of rotatable bonds is 15. The number of amides is 2. The molecular formula is C31H35N3O9. The quantitative estimate of drug-likeness (QED) is 0.0879. The molecule has 2 N–H and O–H groups in total. The van der Waals surface area contributed by atoms with Crippen LogP contribution >= 0.6 is 0 Å². The van der Waals surface area contributed by atoms with Gasteiger partial charge in [-0.2, -0.15) is 5.10 Å². The molecule has 3 aromatic carbocycles. The fourth-order valence-electron chi connectivity index (χ4n) is 3.72. The Hall–Kier alpha value is -5.26. The monoisotopic (exact) mass is 593 g/mol. The van der Waals surface area contributed by atoms with Crippen LogP contribution in [0.25, 0.3) is 0 Å². The van der Waals surface area contributed by atoms with E-state index in [1.165, 1.54) is 46.8 Å². The van der Waals surface area contributed by atoms with Crippen molar-refractivity contribution >= 4 is 24.0 Å². The van der Waals surface area contributed by atoms with E-state index in [0.29, 0.717) is 46.5 Å². The van der Waals surface area contributed by atoms with E-state index in [9.17, 15) is 14.4 Å². The van der Waals surface area contributed by atoms with Gasteiger partial charge >= 0.3 is 5.97 Å². The Morgan fingerprint density at radius 3 is 2.07 bits per heavy atom. The zero-order chi connectivity index (χ0) is 31.2. The van der Waals surface area contributed by atoms with Crippen molar-refractivity contribution in [2.45, 2.75) is 19.8 Å². The zero-order valence-corrected chi connectivity index (χ0v) is 24.7. The summed E-state index contributed by atoms with van der Waals surface area (Å²) in [6.45, 7) is 2.36. The SMILES string of the molecule is CCCCOc1ccc(C(=O)Oc2ccc(/C=N\NC(=O)CNC(=O)c3cc(OC)c(OC)c(OC)c3)cc2OC)cc1. The van der Waals surface area contributed by atoms with Crippen molar-refractivity contribution in [1.82, 2.24) is 10.7 Å². The molecule has 0 aliphatic carbocycles. The number of hydrazone groups is 1. The maximum atomic E-state index is 12.6. The maximum Gasteiger partial charge on any atom is 0.343 e. The van der Waals surface area contributed by atoms with Gasteiger partial charge in [-0.05, 0) is 66.6 Å². The second-order valence-electron chi connectivity index (χ2n) is 8.92. The van der Waals surface area contributed by atoms with Gasteiger partial charge in [0.05, 0.1) is 53.4 Å². The first-order valence-corrected chi connectivity index (χ1v) is 13.4. The molecule has 0 aliphatic rings. The average Bonchev–Trinajstić information content (AvgIpc) is 3.03. The summed E-state index contributed by atoms with van der Waals surface area (Å²) >= 11 is 0. The molecule has 0 unspecified atom stereocenters. The van der Waals surface area contributed by atoms with Gasteiger partial charge in [0.25, 0.3) is 11.8 Å². The largest absolute Gasteiger partial charge is 0.494 e. The van der Waals surface area contributed by atoms with Gasteiger partial charge in [0, 0.05) is 5.56 Å². The maximum absolute atomic E-state index is 12.6. The van der Waals surface area contributed by atoms with Gasteiger partial charge in [-0.3, -0.25) is 9.59 Å². The summed E-state index contributed by atoms with van der Waals surface area (Å²) in [5.41, 5.74) is 3.47. The van der Waals surface area contributed by atoms with Crippen LogP contribution in [0.1, 0.15) is 46.0 Å². The standard InChI is InChI=1S/C31H35N3O9/c1-6-7-14-42-23-11-9-21(10-12-23)31(37)43-24-13-8-20(15-25(24)38-2)18-33-34-28(35)19-32-30(36)22-16-26(39-3)29(41-5)27(17-22)40-4/h8-13,15-18H,6-7,14,19H2,1-5H3,(H,32,36)(H,34,35)/b33-18-. The molecule has 0 aromatic heterocycles. The summed E-state index contributed by atoms with van der Waals surface area (Å²) in [6.07, 6.45) is 3.36. The first-order valence-electron chi connectivity index (χ1n) is 13.4. The number of carbonyl (C=O) groups excluding carboxylic acids is 3. The molecule has 0 radical (unpaired) electrons. The molecule has 228 valence electrons. The molecule has 3 rings (SSSR count). The average molecular weight is 594 g/mol. The number of hydrogen-bond donors (Lipinski definition) is 2. The normalized spacial score (nSPS) is 10.5. The highest BCUT2D eigenvalue weighted by molar-refractivity contribution is 5.97. The van der Waals surface area contributed by atoms with Crippen molar-refractivity contribution in [3.8, 4) is 34.5 Å². The van der Waals surface area contributed by atoms with Gasteiger partial charge in [0.2, 0.25) is 5.75 Å². The zero-order valence-electron chi connectivity index (χ0n) is 24.7. The highest BCUT2D eigenvalue weighted by Gasteiger charge is 2.18. The highest BCUT2D eigenvalue weighted by Crippen LogP contribution is 2.38. The molecule has 0 saturated heterocycles. The van der Waals surface area contributed by atoms with E-state index in [2.05, 4.69) is 22.8 Å². The van der Waals surface area contributed by atoms with E-state index in [-0.39, 0.29) is 17.9 Å².